The number of rotatable bonds is 2. The monoisotopic (exact) mass is 187 g/mol. The number of nitrogens with zero attached hydrogens (tertiary/aromatic N) is 1. The minimum atomic E-state index is 0.587. The van der Waals surface area contributed by atoms with E-state index in [4.69, 9.17) is 5.73 Å². The first-order valence-corrected chi connectivity index (χ1v) is 4.58. The number of hydrogen-bond acceptors (Lipinski definition) is 3. The zero-order valence-electron chi connectivity index (χ0n) is 7.85. The third-order valence-corrected chi connectivity index (χ3v) is 2.11. The molecule has 0 atom stereocenters. The Morgan fingerprint density at radius 1 is 1.14 bits per heavy atom. The summed E-state index contributed by atoms with van der Waals surface area (Å²) >= 11 is 0. The summed E-state index contributed by atoms with van der Waals surface area (Å²) in [7, 11) is 0. The molecule has 0 aliphatic carbocycles. The van der Waals surface area contributed by atoms with Crippen molar-refractivity contribution in [1.82, 2.24) is 5.43 Å². The third-order valence-electron chi connectivity index (χ3n) is 2.11. The number of benzene rings is 1. The maximum atomic E-state index is 5.52. The highest BCUT2D eigenvalue weighted by atomic mass is 15.5. The predicted octanol–water partition coefficient (Wildman–Crippen LogP) is 1.50. The first-order chi connectivity index (χ1) is 6.90. The van der Waals surface area contributed by atoms with Crippen LogP contribution in [-0.4, -0.2) is 0 Å². The minimum Gasteiger partial charge on any atom is -0.326 e. The molecule has 0 saturated heterocycles. The van der Waals surface area contributed by atoms with Crippen LogP contribution >= 0.6 is 0 Å². The molecule has 2 rings (SSSR count). The van der Waals surface area contributed by atoms with Crippen LogP contribution in [0.1, 0.15) is 5.56 Å². The summed E-state index contributed by atoms with van der Waals surface area (Å²) in [6.45, 7) is 0.587. The van der Waals surface area contributed by atoms with Crippen molar-refractivity contribution in [1.29, 1.82) is 0 Å². The van der Waals surface area contributed by atoms with Crippen molar-refractivity contribution in [2.75, 3.05) is 5.01 Å². The van der Waals surface area contributed by atoms with Crippen molar-refractivity contribution in [3.05, 3.63) is 54.4 Å². The average molecular weight is 187 g/mol. The highest BCUT2D eigenvalue weighted by Crippen LogP contribution is 2.14. The van der Waals surface area contributed by atoms with E-state index < -0.39 is 0 Å². The molecule has 0 radical (unpaired) electrons. The van der Waals surface area contributed by atoms with Crippen LogP contribution in [0.4, 0.5) is 5.69 Å². The smallest absolute Gasteiger partial charge is 0.0623 e. The molecule has 3 heteroatoms. The van der Waals surface area contributed by atoms with Crippen LogP contribution in [0.15, 0.2) is 48.8 Å². The molecule has 0 bridgehead atoms. The van der Waals surface area contributed by atoms with Gasteiger partial charge in [0.2, 0.25) is 0 Å². The van der Waals surface area contributed by atoms with Gasteiger partial charge in [0.25, 0.3) is 0 Å². The van der Waals surface area contributed by atoms with E-state index in [-0.39, 0.29) is 0 Å². The second kappa shape index (κ2) is 3.98. The molecule has 0 unspecified atom stereocenters. The van der Waals surface area contributed by atoms with Crippen LogP contribution in [0.5, 0.6) is 0 Å². The molecule has 0 saturated carbocycles. The molecule has 1 aliphatic rings. The predicted molar refractivity (Wildman–Crippen MR) is 58.2 cm³/mol. The molecule has 1 aromatic rings. The Balaban J connectivity index is 2.16. The van der Waals surface area contributed by atoms with Crippen molar-refractivity contribution in [2.24, 2.45) is 5.73 Å². The van der Waals surface area contributed by atoms with E-state index in [1.54, 1.807) is 0 Å². The molecule has 0 spiro atoms. The minimum absolute atomic E-state index is 0.587. The number of nitrogens with two attached hydrogens (primary N) is 1. The molecule has 72 valence electrons. The zero-order chi connectivity index (χ0) is 9.80. The number of hydrazine groups is 1. The SMILES string of the molecule is NCc1ccc(N2C=CC=CN2)cc1. The molecule has 3 N–H and O–H groups in total. The first-order valence-electron chi connectivity index (χ1n) is 4.58. The Morgan fingerprint density at radius 2 is 1.93 bits per heavy atom. The van der Waals surface area contributed by atoms with Gasteiger partial charge in [-0.3, -0.25) is 5.01 Å². The third kappa shape index (κ3) is 1.78. The van der Waals surface area contributed by atoms with Gasteiger partial charge < -0.3 is 11.2 Å². The van der Waals surface area contributed by atoms with Crippen LogP contribution in [0.3, 0.4) is 0 Å². The lowest BCUT2D eigenvalue weighted by Gasteiger charge is -2.22. The Morgan fingerprint density at radius 3 is 2.50 bits per heavy atom. The second-order valence-corrected chi connectivity index (χ2v) is 3.07. The van der Waals surface area contributed by atoms with Crippen molar-refractivity contribution in [2.45, 2.75) is 6.54 Å². The maximum Gasteiger partial charge on any atom is 0.0623 e. The van der Waals surface area contributed by atoms with Crippen molar-refractivity contribution in [3.8, 4) is 0 Å². The molecule has 1 aliphatic heterocycles. The van der Waals surface area contributed by atoms with E-state index in [0.29, 0.717) is 6.54 Å². The fourth-order valence-corrected chi connectivity index (χ4v) is 1.31. The highest BCUT2D eigenvalue weighted by molar-refractivity contribution is 5.50. The summed E-state index contributed by atoms with van der Waals surface area (Å²) in [6.07, 6.45) is 7.78. The van der Waals surface area contributed by atoms with Gasteiger partial charge in [-0.15, -0.1) is 0 Å². The van der Waals surface area contributed by atoms with Gasteiger partial charge in [-0.1, -0.05) is 12.1 Å². The van der Waals surface area contributed by atoms with Gasteiger partial charge in [0.1, 0.15) is 0 Å². The summed E-state index contributed by atoms with van der Waals surface area (Å²) in [5.74, 6) is 0. The standard InChI is InChI=1S/C11H13N3/c12-9-10-3-5-11(6-4-10)14-8-2-1-7-13-14/h1-8,13H,9,12H2. The van der Waals surface area contributed by atoms with Crippen molar-refractivity contribution >= 4 is 5.69 Å². The second-order valence-electron chi connectivity index (χ2n) is 3.07. The normalized spacial score (nSPS) is 14.2. The number of allylic oxidation sites excluding steroid dienone is 2. The number of anilines is 1. The van der Waals surface area contributed by atoms with Gasteiger partial charge in [0.05, 0.1) is 5.69 Å². The Hall–Kier alpha value is -1.74. The van der Waals surface area contributed by atoms with Crippen LogP contribution in [0.25, 0.3) is 0 Å². The Labute approximate surface area is 83.5 Å². The highest BCUT2D eigenvalue weighted by Gasteiger charge is 2.01. The van der Waals surface area contributed by atoms with E-state index in [9.17, 15) is 0 Å². The summed E-state index contributed by atoms with van der Waals surface area (Å²) in [5, 5.41) is 1.94. The Bertz CT molecular complexity index is 351. The molecule has 14 heavy (non-hydrogen) atoms. The van der Waals surface area contributed by atoms with Crippen LogP contribution in [0.2, 0.25) is 0 Å². The van der Waals surface area contributed by atoms with Crippen LogP contribution in [0, 0.1) is 0 Å². The lowest BCUT2D eigenvalue weighted by atomic mass is 10.2. The fourth-order valence-electron chi connectivity index (χ4n) is 1.31. The van der Waals surface area contributed by atoms with Gasteiger partial charge in [0.15, 0.2) is 0 Å². The van der Waals surface area contributed by atoms with E-state index in [0.717, 1.165) is 11.3 Å². The first kappa shape index (κ1) is 8.84. The van der Waals surface area contributed by atoms with E-state index in [2.05, 4.69) is 5.43 Å². The summed E-state index contributed by atoms with van der Waals surface area (Å²) in [4.78, 5) is 0. The molecule has 0 amide bonds. The van der Waals surface area contributed by atoms with Gasteiger partial charge in [0, 0.05) is 18.9 Å². The average Bonchev–Trinajstić information content (AvgIpc) is 2.30. The largest absolute Gasteiger partial charge is 0.326 e. The van der Waals surface area contributed by atoms with Gasteiger partial charge in [-0.2, -0.15) is 0 Å². The van der Waals surface area contributed by atoms with Gasteiger partial charge in [-0.05, 0) is 29.8 Å². The summed E-state index contributed by atoms with van der Waals surface area (Å²) in [5.41, 5.74) is 10.9. The van der Waals surface area contributed by atoms with Crippen LogP contribution < -0.4 is 16.2 Å². The lowest BCUT2D eigenvalue weighted by molar-refractivity contribution is 0.867. The number of hydrogen-bond donors (Lipinski definition) is 2. The molecular weight excluding hydrogens is 174 g/mol. The molecule has 0 aromatic heterocycles. The molecular formula is C11H13N3. The lowest BCUT2D eigenvalue weighted by Crippen LogP contribution is -2.29. The summed E-state index contributed by atoms with van der Waals surface area (Å²) in [6, 6.07) is 8.14. The van der Waals surface area contributed by atoms with Crippen molar-refractivity contribution < 1.29 is 0 Å². The number of nitrogens with one attached hydrogen (secondary N) is 1. The molecule has 0 fully saturated rings. The zero-order valence-corrected chi connectivity index (χ0v) is 7.85. The quantitative estimate of drug-likeness (QED) is 0.737. The van der Waals surface area contributed by atoms with E-state index in [1.807, 2.05) is 53.8 Å². The van der Waals surface area contributed by atoms with Gasteiger partial charge >= 0.3 is 0 Å². The van der Waals surface area contributed by atoms with Crippen molar-refractivity contribution in [3.63, 3.8) is 0 Å². The van der Waals surface area contributed by atoms with E-state index in [1.165, 1.54) is 0 Å². The Kier molecular flexibility index (Phi) is 2.51. The van der Waals surface area contributed by atoms with E-state index >= 15 is 0 Å². The van der Waals surface area contributed by atoms with Crippen LogP contribution in [-0.2, 0) is 6.54 Å². The molecule has 1 heterocycles. The maximum absolute atomic E-state index is 5.52. The van der Waals surface area contributed by atoms with Gasteiger partial charge in [-0.25, -0.2) is 0 Å². The fraction of sp³-hybridized carbons (Fsp3) is 0.0909. The molecule has 3 nitrogen and oxygen atoms in total. The summed E-state index contributed by atoms with van der Waals surface area (Å²) < 4.78 is 0. The molecule has 1 aromatic carbocycles. The topological polar surface area (TPSA) is 41.3 Å².